The number of nitrogens with zero attached hydrogens (tertiary/aromatic N) is 2. The summed E-state index contributed by atoms with van der Waals surface area (Å²) in [5.74, 6) is -0.317. The van der Waals surface area contributed by atoms with Gasteiger partial charge >= 0.3 is 5.97 Å². The first-order chi connectivity index (χ1) is 9.13. The van der Waals surface area contributed by atoms with Crippen LogP contribution in [0.1, 0.15) is 10.4 Å². The van der Waals surface area contributed by atoms with Crippen molar-refractivity contribution in [3.8, 4) is 17.0 Å². The fourth-order valence-corrected chi connectivity index (χ4v) is 1.72. The topological polar surface area (TPSA) is 81.4 Å². The highest BCUT2D eigenvalue weighted by molar-refractivity contribution is 5.85. The Labute approximate surface area is 109 Å². The van der Waals surface area contributed by atoms with E-state index in [1.165, 1.54) is 10.9 Å². The van der Waals surface area contributed by atoms with Gasteiger partial charge in [0.2, 0.25) is 0 Å². The Hall–Kier alpha value is -2.63. The zero-order valence-corrected chi connectivity index (χ0v) is 10.2. The van der Waals surface area contributed by atoms with E-state index >= 15 is 0 Å². The van der Waals surface area contributed by atoms with E-state index in [1.54, 1.807) is 31.4 Å². The Bertz CT molecular complexity index is 602. The first-order valence-corrected chi connectivity index (χ1v) is 5.53. The van der Waals surface area contributed by atoms with Crippen LogP contribution >= 0.6 is 0 Å². The summed E-state index contributed by atoms with van der Waals surface area (Å²) in [5.41, 5.74) is 1.54. The van der Waals surface area contributed by atoms with Gasteiger partial charge < -0.3 is 9.84 Å². The van der Waals surface area contributed by atoms with Crippen LogP contribution in [0, 0.1) is 0 Å². The molecule has 1 aromatic carbocycles. The zero-order valence-electron chi connectivity index (χ0n) is 10.2. The maximum absolute atomic E-state index is 11.0. The molecule has 2 rings (SSSR count). The smallest absolute Gasteiger partial charge is 0.325 e. The van der Waals surface area contributed by atoms with E-state index in [9.17, 15) is 9.59 Å². The molecule has 6 nitrogen and oxygen atoms in total. The summed E-state index contributed by atoms with van der Waals surface area (Å²) >= 11 is 0. The standard InChI is InChI=1S/C13H12N2O4/c1-19-11-4-2-9(3-5-11)13-10(8-16)6-15(14-13)7-12(17)18/h2-6,8H,7H2,1H3,(H,17,18). The molecule has 0 aliphatic heterocycles. The molecular weight excluding hydrogens is 248 g/mol. The number of carboxylic acids is 1. The number of rotatable bonds is 5. The van der Waals surface area contributed by atoms with Crippen molar-refractivity contribution in [2.45, 2.75) is 6.54 Å². The van der Waals surface area contributed by atoms with Gasteiger partial charge in [0.15, 0.2) is 6.29 Å². The molecule has 0 saturated carbocycles. The van der Waals surface area contributed by atoms with E-state index in [-0.39, 0.29) is 6.54 Å². The lowest BCUT2D eigenvalue weighted by Crippen LogP contribution is -2.08. The van der Waals surface area contributed by atoms with Gasteiger partial charge in [-0.25, -0.2) is 0 Å². The summed E-state index contributed by atoms with van der Waals surface area (Å²) in [6, 6.07) is 7.03. The molecule has 0 aliphatic carbocycles. The maximum Gasteiger partial charge on any atom is 0.325 e. The second-order valence-electron chi connectivity index (χ2n) is 3.87. The maximum atomic E-state index is 11.0. The average Bonchev–Trinajstić information content (AvgIpc) is 2.81. The van der Waals surface area contributed by atoms with Gasteiger partial charge in [0, 0.05) is 11.8 Å². The summed E-state index contributed by atoms with van der Waals surface area (Å²) in [4.78, 5) is 21.6. The number of aromatic nitrogens is 2. The fourth-order valence-electron chi connectivity index (χ4n) is 1.72. The monoisotopic (exact) mass is 260 g/mol. The molecule has 2 aromatic rings. The molecule has 0 atom stereocenters. The van der Waals surface area contributed by atoms with Gasteiger partial charge in [-0.05, 0) is 24.3 Å². The normalized spacial score (nSPS) is 10.2. The third-order valence-electron chi connectivity index (χ3n) is 2.58. The van der Waals surface area contributed by atoms with Crippen LogP contribution in [-0.4, -0.2) is 34.3 Å². The highest BCUT2D eigenvalue weighted by Crippen LogP contribution is 2.23. The molecule has 0 fully saturated rings. The van der Waals surface area contributed by atoms with Crippen LogP contribution in [0.4, 0.5) is 0 Å². The highest BCUT2D eigenvalue weighted by atomic mass is 16.5. The van der Waals surface area contributed by atoms with Crippen LogP contribution in [0.25, 0.3) is 11.3 Å². The Balaban J connectivity index is 2.39. The number of aldehydes is 1. The number of hydrogen-bond donors (Lipinski definition) is 1. The van der Waals surface area contributed by atoms with Gasteiger partial charge in [-0.2, -0.15) is 5.10 Å². The van der Waals surface area contributed by atoms with E-state index in [0.29, 0.717) is 23.3 Å². The van der Waals surface area contributed by atoms with Crippen molar-refractivity contribution in [1.29, 1.82) is 0 Å². The SMILES string of the molecule is COc1ccc(-c2nn(CC(=O)O)cc2C=O)cc1. The summed E-state index contributed by atoms with van der Waals surface area (Å²) < 4.78 is 6.27. The molecule has 0 amide bonds. The van der Waals surface area contributed by atoms with E-state index in [0.717, 1.165) is 5.56 Å². The van der Waals surface area contributed by atoms with Gasteiger partial charge in [0.1, 0.15) is 18.0 Å². The van der Waals surface area contributed by atoms with E-state index in [2.05, 4.69) is 5.10 Å². The number of hydrogen-bond acceptors (Lipinski definition) is 4. The largest absolute Gasteiger partial charge is 0.497 e. The summed E-state index contributed by atoms with van der Waals surface area (Å²) in [6.07, 6.45) is 2.08. The van der Waals surface area contributed by atoms with Crippen LogP contribution in [0.2, 0.25) is 0 Å². The third-order valence-corrected chi connectivity index (χ3v) is 2.58. The van der Waals surface area contributed by atoms with Gasteiger partial charge in [-0.1, -0.05) is 0 Å². The minimum Gasteiger partial charge on any atom is -0.497 e. The van der Waals surface area contributed by atoms with Crippen molar-refractivity contribution in [2.75, 3.05) is 7.11 Å². The number of methoxy groups -OCH3 is 1. The van der Waals surface area contributed by atoms with Crippen molar-refractivity contribution >= 4 is 12.3 Å². The second-order valence-corrected chi connectivity index (χ2v) is 3.87. The summed E-state index contributed by atoms with van der Waals surface area (Å²) in [5, 5.41) is 12.8. The Morgan fingerprint density at radius 1 is 1.42 bits per heavy atom. The number of carbonyl (C=O) groups is 2. The van der Waals surface area contributed by atoms with Gasteiger partial charge in [-0.3, -0.25) is 14.3 Å². The molecule has 6 heteroatoms. The molecule has 1 heterocycles. The molecule has 0 aliphatic rings. The number of aliphatic carboxylic acids is 1. The molecule has 0 saturated heterocycles. The van der Waals surface area contributed by atoms with Crippen LogP contribution < -0.4 is 4.74 Å². The molecule has 1 aromatic heterocycles. The van der Waals surface area contributed by atoms with Crippen molar-refractivity contribution in [3.05, 3.63) is 36.0 Å². The number of benzene rings is 1. The lowest BCUT2D eigenvalue weighted by molar-refractivity contribution is -0.137. The van der Waals surface area contributed by atoms with E-state index in [4.69, 9.17) is 9.84 Å². The highest BCUT2D eigenvalue weighted by Gasteiger charge is 2.12. The van der Waals surface area contributed by atoms with Crippen molar-refractivity contribution < 1.29 is 19.4 Å². The van der Waals surface area contributed by atoms with Crippen LogP contribution in [0.15, 0.2) is 30.5 Å². The quantitative estimate of drug-likeness (QED) is 0.823. The lowest BCUT2D eigenvalue weighted by Gasteiger charge is -2.01. The van der Waals surface area contributed by atoms with Crippen molar-refractivity contribution in [1.82, 2.24) is 9.78 Å². The minimum absolute atomic E-state index is 0.281. The predicted octanol–water partition coefficient (Wildman–Crippen LogP) is 1.46. The van der Waals surface area contributed by atoms with Crippen LogP contribution in [0.3, 0.4) is 0 Å². The van der Waals surface area contributed by atoms with Crippen molar-refractivity contribution in [3.63, 3.8) is 0 Å². The fraction of sp³-hybridized carbons (Fsp3) is 0.154. The Morgan fingerprint density at radius 2 is 2.11 bits per heavy atom. The van der Waals surface area contributed by atoms with Gasteiger partial charge in [0.05, 0.1) is 12.7 Å². The Morgan fingerprint density at radius 3 is 2.63 bits per heavy atom. The molecule has 19 heavy (non-hydrogen) atoms. The van der Waals surface area contributed by atoms with E-state index < -0.39 is 5.97 Å². The molecule has 0 bridgehead atoms. The summed E-state index contributed by atoms with van der Waals surface area (Å²) in [7, 11) is 1.56. The van der Waals surface area contributed by atoms with Gasteiger partial charge in [0.25, 0.3) is 0 Å². The second kappa shape index (κ2) is 5.34. The number of carbonyl (C=O) groups excluding carboxylic acids is 1. The average molecular weight is 260 g/mol. The van der Waals surface area contributed by atoms with Crippen LogP contribution in [-0.2, 0) is 11.3 Å². The molecule has 1 N–H and O–H groups in total. The molecule has 0 radical (unpaired) electrons. The van der Waals surface area contributed by atoms with Crippen LogP contribution in [0.5, 0.6) is 5.75 Å². The lowest BCUT2D eigenvalue weighted by atomic mass is 10.1. The van der Waals surface area contributed by atoms with E-state index in [1.807, 2.05) is 0 Å². The first kappa shape index (κ1) is 12.8. The molecule has 0 spiro atoms. The predicted molar refractivity (Wildman–Crippen MR) is 67.2 cm³/mol. The summed E-state index contributed by atoms with van der Waals surface area (Å²) in [6.45, 7) is -0.281. The third kappa shape index (κ3) is 2.79. The first-order valence-electron chi connectivity index (χ1n) is 5.53. The van der Waals surface area contributed by atoms with Gasteiger partial charge in [-0.15, -0.1) is 0 Å². The Kier molecular flexibility index (Phi) is 3.61. The molecular formula is C13H12N2O4. The van der Waals surface area contributed by atoms with Crippen molar-refractivity contribution in [2.24, 2.45) is 0 Å². The number of carboxylic acid groups (broad SMARTS) is 1. The zero-order chi connectivity index (χ0) is 13.8. The molecule has 0 unspecified atom stereocenters. The number of ether oxygens (including phenoxy) is 1. The minimum atomic E-state index is -1.01. The molecule has 98 valence electrons.